The highest BCUT2D eigenvalue weighted by Crippen LogP contribution is 2.30. The Morgan fingerprint density at radius 3 is 2.70 bits per heavy atom. The molecule has 2 aromatic rings. The van der Waals surface area contributed by atoms with Crippen molar-refractivity contribution in [3.63, 3.8) is 0 Å². The summed E-state index contributed by atoms with van der Waals surface area (Å²) >= 11 is 3.97. The van der Waals surface area contributed by atoms with Gasteiger partial charge < -0.3 is 4.90 Å². The van der Waals surface area contributed by atoms with E-state index in [1.54, 1.807) is 6.07 Å². The van der Waals surface area contributed by atoms with E-state index in [0.29, 0.717) is 24.2 Å². The molecule has 0 spiro atoms. The fourth-order valence-electron chi connectivity index (χ4n) is 2.36. The molecule has 2 nitrogen and oxygen atoms in total. The SMILES string of the molecule is O=C(c1ccc(F)c(S)c1)N1CCc2ccc(F)cc21. The minimum absolute atomic E-state index is 0.120. The average Bonchev–Trinajstić information content (AvgIpc) is 2.84. The molecule has 0 saturated carbocycles. The molecule has 0 aliphatic carbocycles. The lowest BCUT2D eigenvalue weighted by Gasteiger charge is -2.17. The normalized spacial score (nSPS) is 13.4. The second-order valence-electron chi connectivity index (χ2n) is 4.65. The Morgan fingerprint density at radius 1 is 1.15 bits per heavy atom. The van der Waals surface area contributed by atoms with Gasteiger partial charge in [0.25, 0.3) is 5.91 Å². The van der Waals surface area contributed by atoms with Crippen LogP contribution in [-0.4, -0.2) is 12.5 Å². The number of hydrogen-bond acceptors (Lipinski definition) is 2. The summed E-state index contributed by atoms with van der Waals surface area (Å²) < 4.78 is 26.5. The summed E-state index contributed by atoms with van der Waals surface area (Å²) in [6, 6.07) is 8.43. The van der Waals surface area contributed by atoms with Crippen LogP contribution >= 0.6 is 12.6 Å². The zero-order chi connectivity index (χ0) is 14.3. The maximum Gasteiger partial charge on any atom is 0.258 e. The van der Waals surface area contributed by atoms with Gasteiger partial charge in [0.15, 0.2) is 0 Å². The molecule has 0 unspecified atom stereocenters. The molecule has 5 heteroatoms. The van der Waals surface area contributed by atoms with Crippen molar-refractivity contribution in [2.45, 2.75) is 11.3 Å². The molecule has 0 saturated heterocycles. The molecule has 102 valence electrons. The lowest BCUT2D eigenvalue weighted by Crippen LogP contribution is -2.29. The Morgan fingerprint density at radius 2 is 1.95 bits per heavy atom. The van der Waals surface area contributed by atoms with Crippen molar-refractivity contribution in [2.75, 3.05) is 11.4 Å². The van der Waals surface area contributed by atoms with E-state index >= 15 is 0 Å². The molecule has 3 rings (SSSR count). The number of carbonyl (C=O) groups is 1. The van der Waals surface area contributed by atoms with E-state index in [-0.39, 0.29) is 16.6 Å². The van der Waals surface area contributed by atoms with Crippen molar-refractivity contribution in [2.24, 2.45) is 0 Å². The molecule has 1 heterocycles. The van der Waals surface area contributed by atoms with Crippen LogP contribution in [0, 0.1) is 11.6 Å². The molecular weight excluding hydrogens is 280 g/mol. The number of carbonyl (C=O) groups excluding carboxylic acids is 1. The molecular formula is C15H11F2NOS. The Bertz CT molecular complexity index is 702. The van der Waals surface area contributed by atoms with Gasteiger partial charge in [0.1, 0.15) is 11.6 Å². The van der Waals surface area contributed by atoms with E-state index in [1.807, 2.05) is 0 Å². The molecule has 1 amide bonds. The number of amides is 1. The topological polar surface area (TPSA) is 20.3 Å². The van der Waals surface area contributed by atoms with Gasteiger partial charge >= 0.3 is 0 Å². The molecule has 2 aromatic carbocycles. The fourth-order valence-corrected chi connectivity index (χ4v) is 2.58. The van der Waals surface area contributed by atoms with Crippen LogP contribution < -0.4 is 4.90 Å². The molecule has 0 fully saturated rings. The van der Waals surface area contributed by atoms with Gasteiger partial charge in [-0.2, -0.15) is 0 Å². The number of nitrogens with zero attached hydrogens (tertiary/aromatic N) is 1. The first kappa shape index (κ1) is 13.1. The Hall–Kier alpha value is -1.88. The molecule has 1 aliphatic heterocycles. The number of rotatable bonds is 1. The Kier molecular flexibility index (Phi) is 3.22. The highest BCUT2D eigenvalue weighted by Gasteiger charge is 2.26. The molecule has 0 atom stereocenters. The quantitative estimate of drug-likeness (QED) is 0.798. The van der Waals surface area contributed by atoms with Crippen molar-refractivity contribution in [3.05, 3.63) is 59.2 Å². The molecule has 0 bridgehead atoms. The van der Waals surface area contributed by atoms with Crippen molar-refractivity contribution < 1.29 is 13.6 Å². The summed E-state index contributed by atoms with van der Waals surface area (Å²) in [5, 5.41) is 0. The standard InChI is InChI=1S/C15H11F2NOS/c16-11-3-1-9-5-6-18(13(9)8-11)15(19)10-2-4-12(17)14(20)7-10/h1-4,7-8,20H,5-6H2. The summed E-state index contributed by atoms with van der Waals surface area (Å²) in [6.45, 7) is 0.497. The molecule has 0 radical (unpaired) electrons. The first-order valence-corrected chi connectivity index (χ1v) is 6.60. The van der Waals surface area contributed by atoms with Gasteiger partial charge in [0.2, 0.25) is 0 Å². The van der Waals surface area contributed by atoms with Gasteiger partial charge in [-0.25, -0.2) is 8.78 Å². The molecule has 20 heavy (non-hydrogen) atoms. The largest absolute Gasteiger partial charge is 0.308 e. The second-order valence-corrected chi connectivity index (χ2v) is 5.13. The number of fused-ring (bicyclic) bond motifs is 1. The van der Waals surface area contributed by atoms with Crippen molar-refractivity contribution in [1.29, 1.82) is 0 Å². The van der Waals surface area contributed by atoms with E-state index in [2.05, 4.69) is 12.6 Å². The molecule has 1 aliphatic rings. The lowest BCUT2D eigenvalue weighted by atomic mass is 10.1. The predicted octanol–water partition coefficient (Wildman–Crippen LogP) is 3.46. The average molecular weight is 291 g/mol. The number of thiol groups is 1. The van der Waals surface area contributed by atoms with E-state index in [0.717, 1.165) is 5.56 Å². The van der Waals surface area contributed by atoms with Crippen LogP contribution in [0.2, 0.25) is 0 Å². The van der Waals surface area contributed by atoms with E-state index in [1.165, 1.54) is 35.2 Å². The Labute approximate surface area is 120 Å². The maximum absolute atomic E-state index is 13.3. The number of anilines is 1. The van der Waals surface area contributed by atoms with E-state index < -0.39 is 5.82 Å². The monoisotopic (exact) mass is 291 g/mol. The van der Waals surface area contributed by atoms with Crippen molar-refractivity contribution in [3.8, 4) is 0 Å². The summed E-state index contributed by atoms with van der Waals surface area (Å²) in [5.74, 6) is -1.13. The third kappa shape index (κ3) is 2.18. The van der Waals surface area contributed by atoms with Crippen LogP contribution in [0.1, 0.15) is 15.9 Å². The predicted molar refractivity (Wildman–Crippen MR) is 75.4 cm³/mol. The summed E-state index contributed by atoms with van der Waals surface area (Å²) in [7, 11) is 0. The van der Waals surface area contributed by atoms with Crippen LogP contribution in [0.25, 0.3) is 0 Å². The number of benzene rings is 2. The second kappa shape index (κ2) is 4.90. The zero-order valence-electron chi connectivity index (χ0n) is 10.4. The van der Waals surface area contributed by atoms with Crippen LogP contribution in [-0.2, 0) is 6.42 Å². The lowest BCUT2D eigenvalue weighted by molar-refractivity contribution is 0.0989. The van der Waals surface area contributed by atoms with Gasteiger partial charge in [-0.3, -0.25) is 4.79 Å². The molecule has 0 aromatic heterocycles. The van der Waals surface area contributed by atoms with Gasteiger partial charge in [0, 0.05) is 17.0 Å². The first-order chi connectivity index (χ1) is 9.56. The smallest absolute Gasteiger partial charge is 0.258 e. The Balaban J connectivity index is 1.97. The minimum atomic E-state index is -0.474. The summed E-state index contributed by atoms with van der Waals surface area (Å²) in [4.78, 5) is 14.1. The maximum atomic E-state index is 13.3. The minimum Gasteiger partial charge on any atom is -0.308 e. The van der Waals surface area contributed by atoms with Gasteiger partial charge in [-0.1, -0.05) is 6.07 Å². The van der Waals surface area contributed by atoms with Gasteiger partial charge in [-0.15, -0.1) is 12.6 Å². The fraction of sp³-hybridized carbons (Fsp3) is 0.133. The van der Waals surface area contributed by atoms with Gasteiger partial charge in [-0.05, 0) is 42.3 Å². The van der Waals surface area contributed by atoms with Crippen LogP contribution in [0.5, 0.6) is 0 Å². The van der Waals surface area contributed by atoms with Crippen molar-refractivity contribution >= 4 is 24.2 Å². The van der Waals surface area contributed by atoms with Crippen LogP contribution in [0.15, 0.2) is 41.3 Å². The third-order valence-electron chi connectivity index (χ3n) is 3.38. The summed E-state index contributed by atoms with van der Waals surface area (Å²) in [5.41, 5.74) is 1.86. The van der Waals surface area contributed by atoms with E-state index in [4.69, 9.17) is 0 Å². The van der Waals surface area contributed by atoms with Crippen molar-refractivity contribution in [1.82, 2.24) is 0 Å². The molecule has 0 N–H and O–H groups in total. The van der Waals surface area contributed by atoms with E-state index in [9.17, 15) is 13.6 Å². The van der Waals surface area contributed by atoms with Crippen LogP contribution in [0.4, 0.5) is 14.5 Å². The highest BCUT2D eigenvalue weighted by molar-refractivity contribution is 7.80. The number of hydrogen-bond donors (Lipinski definition) is 1. The third-order valence-corrected chi connectivity index (χ3v) is 3.72. The highest BCUT2D eigenvalue weighted by atomic mass is 32.1. The first-order valence-electron chi connectivity index (χ1n) is 6.15. The summed E-state index contributed by atoms with van der Waals surface area (Å²) in [6.07, 6.45) is 0.691. The van der Waals surface area contributed by atoms with Gasteiger partial charge in [0.05, 0.1) is 5.69 Å². The number of halogens is 2. The zero-order valence-corrected chi connectivity index (χ0v) is 11.3. The van der Waals surface area contributed by atoms with Crippen LogP contribution in [0.3, 0.4) is 0 Å².